The largest absolute Gasteiger partial charge is 0.619 e. The van der Waals surface area contributed by atoms with E-state index in [0.717, 1.165) is 30.7 Å². The molecule has 2 aromatic rings. The summed E-state index contributed by atoms with van der Waals surface area (Å²) in [6, 6.07) is 7.27. The summed E-state index contributed by atoms with van der Waals surface area (Å²) in [5, 5.41) is 13.2. The molecule has 0 bridgehead atoms. The van der Waals surface area contributed by atoms with Crippen molar-refractivity contribution in [2.75, 3.05) is 19.6 Å². The minimum atomic E-state index is -0.0207. The molecule has 0 aromatic carbocycles. The van der Waals surface area contributed by atoms with Crippen molar-refractivity contribution >= 4 is 29.2 Å². The van der Waals surface area contributed by atoms with Crippen LogP contribution in [0.4, 0.5) is 0 Å². The summed E-state index contributed by atoms with van der Waals surface area (Å²) in [6.45, 7) is 2.09. The van der Waals surface area contributed by atoms with Gasteiger partial charge in [0.2, 0.25) is 5.91 Å². The van der Waals surface area contributed by atoms with Gasteiger partial charge in [0.15, 0.2) is 12.4 Å². The normalized spacial score (nSPS) is 22.3. The highest BCUT2D eigenvalue weighted by atomic mass is 32.1. The van der Waals surface area contributed by atoms with E-state index in [2.05, 4.69) is 0 Å². The Bertz CT molecular complexity index is 864. The molecule has 28 heavy (non-hydrogen) atoms. The summed E-state index contributed by atoms with van der Waals surface area (Å²) < 4.78 is 0.684. The van der Waals surface area contributed by atoms with Crippen LogP contribution in [0.1, 0.15) is 34.5 Å². The third kappa shape index (κ3) is 3.94. The fraction of sp³-hybridized carbons (Fsp3) is 0.381. The molecule has 6 nitrogen and oxygen atoms in total. The standard InChI is InChI=1S/C21H23N3O3S/c25-20(6-5-18-4-2-14-28-18)22-11-9-19-17(15-22)3-1-10-24(19)21(26)16-7-12-23(27)13-8-16/h2,4-8,12-14,17,19H,1,3,9-11,15H2/b6-5+/t17-,19-/m1/s1. The van der Waals surface area contributed by atoms with Gasteiger partial charge in [0, 0.05) is 48.8 Å². The Morgan fingerprint density at radius 1 is 1.18 bits per heavy atom. The quantitative estimate of drug-likeness (QED) is 0.454. The first-order chi connectivity index (χ1) is 13.6. The number of pyridine rings is 1. The second-order valence-corrected chi connectivity index (χ2v) is 8.32. The van der Waals surface area contributed by atoms with Gasteiger partial charge < -0.3 is 15.0 Å². The van der Waals surface area contributed by atoms with Gasteiger partial charge in [-0.25, -0.2) is 0 Å². The lowest BCUT2D eigenvalue weighted by molar-refractivity contribution is -0.605. The number of amides is 2. The van der Waals surface area contributed by atoms with E-state index < -0.39 is 0 Å². The van der Waals surface area contributed by atoms with Gasteiger partial charge in [-0.2, -0.15) is 4.73 Å². The van der Waals surface area contributed by atoms with Gasteiger partial charge in [0.1, 0.15) is 0 Å². The fourth-order valence-electron chi connectivity index (χ4n) is 4.22. The van der Waals surface area contributed by atoms with Crippen LogP contribution in [0.25, 0.3) is 6.08 Å². The van der Waals surface area contributed by atoms with Crippen LogP contribution in [0.15, 0.2) is 48.1 Å². The molecule has 0 N–H and O–H groups in total. The predicted octanol–water partition coefficient (Wildman–Crippen LogP) is 2.55. The van der Waals surface area contributed by atoms with Crippen LogP contribution in [0.2, 0.25) is 0 Å². The molecule has 2 aliphatic rings. The molecular formula is C21H23N3O3S. The number of likely N-dealkylation sites (tertiary alicyclic amines) is 2. The first-order valence-corrected chi connectivity index (χ1v) is 10.5. The van der Waals surface area contributed by atoms with Crippen molar-refractivity contribution in [2.45, 2.75) is 25.3 Å². The van der Waals surface area contributed by atoms with Crippen molar-refractivity contribution < 1.29 is 14.3 Å². The average Bonchev–Trinajstić information content (AvgIpc) is 3.25. The third-order valence-corrected chi connectivity index (χ3v) is 6.46. The molecule has 0 aliphatic carbocycles. The number of nitrogens with zero attached hydrogens (tertiary/aromatic N) is 3. The maximum Gasteiger partial charge on any atom is 0.254 e. The van der Waals surface area contributed by atoms with Gasteiger partial charge in [0.05, 0.1) is 5.56 Å². The van der Waals surface area contributed by atoms with Crippen LogP contribution >= 0.6 is 11.3 Å². The molecule has 0 spiro atoms. The average molecular weight is 398 g/mol. The van der Waals surface area contributed by atoms with Gasteiger partial charge in [0.25, 0.3) is 5.91 Å². The van der Waals surface area contributed by atoms with Crippen molar-refractivity contribution in [3.8, 4) is 0 Å². The summed E-state index contributed by atoms with van der Waals surface area (Å²) in [4.78, 5) is 30.4. The number of thiophene rings is 1. The predicted molar refractivity (Wildman–Crippen MR) is 108 cm³/mol. The minimum absolute atomic E-state index is 0.0207. The van der Waals surface area contributed by atoms with Crippen LogP contribution in [-0.2, 0) is 4.79 Å². The Morgan fingerprint density at radius 2 is 2.00 bits per heavy atom. The van der Waals surface area contributed by atoms with Crippen molar-refractivity contribution in [2.24, 2.45) is 5.92 Å². The number of carbonyl (C=O) groups is 2. The van der Waals surface area contributed by atoms with Crippen molar-refractivity contribution in [1.29, 1.82) is 0 Å². The molecule has 2 aromatic heterocycles. The topological polar surface area (TPSA) is 67.6 Å². The van der Waals surface area contributed by atoms with E-state index in [9.17, 15) is 14.8 Å². The maximum atomic E-state index is 12.9. The first kappa shape index (κ1) is 18.7. The van der Waals surface area contributed by atoms with E-state index in [-0.39, 0.29) is 17.9 Å². The molecule has 7 heteroatoms. The van der Waals surface area contributed by atoms with Crippen molar-refractivity contribution in [3.63, 3.8) is 0 Å². The first-order valence-electron chi connectivity index (χ1n) is 9.62. The van der Waals surface area contributed by atoms with Crippen LogP contribution in [0.3, 0.4) is 0 Å². The molecule has 2 atom stereocenters. The van der Waals surface area contributed by atoms with Gasteiger partial charge in [-0.1, -0.05) is 6.07 Å². The lowest BCUT2D eigenvalue weighted by Gasteiger charge is -2.47. The molecule has 2 saturated heterocycles. The Balaban J connectivity index is 1.41. The molecule has 2 aliphatic heterocycles. The van der Waals surface area contributed by atoms with Crippen LogP contribution < -0.4 is 4.73 Å². The molecule has 4 heterocycles. The van der Waals surface area contributed by atoms with Gasteiger partial charge >= 0.3 is 0 Å². The van der Waals surface area contributed by atoms with Gasteiger partial charge in [-0.3, -0.25) is 9.59 Å². The van der Waals surface area contributed by atoms with Crippen molar-refractivity contribution in [1.82, 2.24) is 9.80 Å². The highest BCUT2D eigenvalue weighted by Gasteiger charge is 2.39. The van der Waals surface area contributed by atoms with Crippen LogP contribution in [-0.4, -0.2) is 47.3 Å². The van der Waals surface area contributed by atoms with Crippen molar-refractivity contribution in [3.05, 3.63) is 63.8 Å². The smallest absolute Gasteiger partial charge is 0.254 e. The zero-order valence-electron chi connectivity index (χ0n) is 15.6. The summed E-state index contributed by atoms with van der Waals surface area (Å²) in [7, 11) is 0. The van der Waals surface area contributed by atoms with E-state index in [1.54, 1.807) is 29.5 Å². The second-order valence-electron chi connectivity index (χ2n) is 7.34. The van der Waals surface area contributed by atoms with E-state index in [1.165, 1.54) is 12.4 Å². The van der Waals surface area contributed by atoms with Gasteiger partial charge in [-0.15, -0.1) is 11.3 Å². The Hall–Kier alpha value is -2.67. The van der Waals surface area contributed by atoms with E-state index in [0.29, 0.717) is 29.3 Å². The summed E-state index contributed by atoms with van der Waals surface area (Å²) in [5.74, 6) is 0.324. The molecule has 2 amide bonds. The summed E-state index contributed by atoms with van der Waals surface area (Å²) >= 11 is 1.61. The molecule has 0 saturated carbocycles. The summed E-state index contributed by atoms with van der Waals surface area (Å²) in [6.07, 6.45) is 9.00. The molecule has 0 radical (unpaired) electrons. The summed E-state index contributed by atoms with van der Waals surface area (Å²) in [5.41, 5.74) is 0.546. The number of carbonyl (C=O) groups excluding carboxylic acids is 2. The SMILES string of the molecule is O=C(/C=C/c1cccs1)N1CC[C@@H]2[C@H](CCCN2C(=O)c2cc[n+]([O-])cc2)C1. The third-order valence-electron chi connectivity index (χ3n) is 5.62. The monoisotopic (exact) mass is 397 g/mol. The number of aromatic nitrogens is 1. The fourth-order valence-corrected chi connectivity index (χ4v) is 4.84. The second kappa shape index (κ2) is 8.14. The zero-order chi connectivity index (χ0) is 19.5. The maximum absolute atomic E-state index is 12.9. The minimum Gasteiger partial charge on any atom is -0.619 e. The van der Waals surface area contributed by atoms with Gasteiger partial charge in [-0.05, 0) is 42.7 Å². The Morgan fingerprint density at radius 3 is 2.75 bits per heavy atom. The zero-order valence-corrected chi connectivity index (χ0v) is 16.4. The Kier molecular flexibility index (Phi) is 5.43. The van der Waals surface area contributed by atoms with E-state index in [1.807, 2.05) is 33.4 Å². The molecular weight excluding hydrogens is 374 g/mol. The lowest BCUT2D eigenvalue weighted by atomic mass is 9.83. The highest BCUT2D eigenvalue weighted by Crippen LogP contribution is 2.31. The van der Waals surface area contributed by atoms with Crippen LogP contribution in [0, 0.1) is 11.1 Å². The van der Waals surface area contributed by atoms with E-state index in [4.69, 9.17) is 0 Å². The Labute approximate surface area is 168 Å². The molecule has 4 rings (SSSR count). The van der Waals surface area contributed by atoms with Crippen LogP contribution in [0.5, 0.6) is 0 Å². The number of hydrogen-bond donors (Lipinski definition) is 0. The lowest BCUT2D eigenvalue weighted by Crippen LogP contribution is -2.56. The molecule has 2 fully saturated rings. The molecule has 146 valence electrons. The number of hydrogen-bond acceptors (Lipinski definition) is 4. The van der Waals surface area contributed by atoms with E-state index >= 15 is 0 Å². The highest BCUT2D eigenvalue weighted by molar-refractivity contribution is 7.10. The molecule has 0 unspecified atom stereocenters. The number of rotatable bonds is 3. The number of piperidine rings is 2. The number of fused-ring (bicyclic) bond motifs is 1.